The Balaban J connectivity index is 2.29. The molecule has 0 amide bonds. The van der Waals surface area contributed by atoms with Crippen molar-refractivity contribution in [3.05, 3.63) is 29.7 Å². The van der Waals surface area contributed by atoms with Gasteiger partial charge in [-0.15, -0.1) is 6.42 Å². The monoisotopic (exact) mass is 158 g/mol. The van der Waals surface area contributed by atoms with Gasteiger partial charge in [-0.3, -0.25) is 0 Å². The van der Waals surface area contributed by atoms with Crippen LogP contribution in [0.5, 0.6) is 0 Å². The number of rotatable bonds is 1. The van der Waals surface area contributed by atoms with E-state index in [9.17, 15) is 0 Å². The lowest BCUT2D eigenvalue weighted by Gasteiger charge is -1.93. The third-order valence-electron chi connectivity index (χ3n) is 2.11. The Morgan fingerprint density at radius 2 is 2.33 bits per heavy atom. The number of hydrogen-bond donors (Lipinski definition) is 0. The van der Waals surface area contributed by atoms with E-state index in [1.165, 1.54) is 18.4 Å². The highest BCUT2D eigenvalue weighted by Gasteiger charge is 2.10. The van der Waals surface area contributed by atoms with Crippen LogP contribution in [0.25, 0.3) is 5.57 Å². The predicted molar refractivity (Wildman–Crippen MR) is 48.5 cm³/mol. The van der Waals surface area contributed by atoms with Crippen LogP contribution < -0.4 is 0 Å². The first-order valence-electron chi connectivity index (χ1n) is 4.16. The van der Waals surface area contributed by atoms with Gasteiger partial charge < -0.3 is 4.42 Å². The highest BCUT2D eigenvalue weighted by Crippen LogP contribution is 2.28. The number of hydrogen-bond acceptors (Lipinski definition) is 1. The van der Waals surface area contributed by atoms with Gasteiger partial charge in [-0.05, 0) is 42.9 Å². The Bertz CT molecular complexity index is 349. The summed E-state index contributed by atoms with van der Waals surface area (Å²) in [5.41, 5.74) is 1.30. The quantitative estimate of drug-likeness (QED) is 0.573. The summed E-state index contributed by atoms with van der Waals surface area (Å²) in [5.74, 6) is 4.04. The summed E-state index contributed by atoms with van der Waals surface area (Å²) in [6.45, 7) is 0. The van der Waals surface area contributed by atoms with E-state index in [0.29, 0.717) is 5.76 Å². The lowest BCUT2D eigenvalue weighted by atomic mass is 10.2. The van der Waals surface area contributed by atoms with Crippen molar-refractivity contribution in [2.75, 3.05) is 0 Å². The zero-order valence-corrected chi connectivity index (χ0v) is 6.84. The van der Waals surface area contributed by atoms with Crippen LogP contribution in [-0.4, -0.2) is 0 Å². The molecule has 1 heterocycles. The Morgan fingerprint density at radius 1 is 1.42 bits per heavy atom. The van der Waals surface area contributed by atoms with Crippen molar-refractivity contribution in [1.29, 1.82) is 0 Å². The molecule has 0 saturated heterocycles. The maximum absolute atomic E-state index is 5.41. The van der Waals surface area contributed by atoms with Crippen molar-refractivity contribution in [2.45, 2.75) is 19.3 Å². The van der Waals surface area contributed by atoms with E-state index in [0.717, 1.165) is 12.2 Å². The molecule has 0 atom stereocenters. The maximum atomic E-state index is 5.41. The lowest BCUT2D eigenvalue weighted by molar-refractivity contribution is 0.539. The fourth-order valence-electron chi connectivity index (χ4n) is 1.48. The van der Waals surface area contributed by atoms with Gasteiger partial charge in [-0.25, -0.2) is 0 Å². The van der Waals surface area contributed by atoms with Gasteiger partial charge in [0.2, 0.25) is 0 Å². The van der Waals surface area contributed by atoms with E-state index in [2.05, 4.69) is 12.0 Å². The summed E-state index contributed by atoms with van der Waals surface area (Å²) in [5, 5.41) is 0. The van der Waals surface area contributed by atoms with Gasteiger partial charge in [0.05, 0.1) is 0 Å². The van der Waals surface area contributed by atoms with E-state index in [-0.39, 0.29) is 0 Å². The lowest BCUT2D eigenvalue weighted by Crippen LogP contribution is -1.73. The molecule has 12 heavy (non-hydrogen) atoms. The van der Waals surface area contributed by atoms with E-state index >= 15 is 0 Å². The van der Waals surface area contributed by atoms with Gasteiger partial charge in [0.25, 0.3) is 0 Å². The molecule has 2 rings (SSSR count). The van der Waals surface area contributed by atoms with Crippen molar-refractivity contribution >= 4 is 5.57 Å². The van der Waals surface area contributed by atoms with Crippen LogP contribution in [0, 0.1) is 12.3 Å². The molecule has 1 nitrogen and oxygen atoms in total. The summed E-state index contributed by atoms with van der Waals surface area (Å²) in [6, 6.07) is 3.79. The molecular weight excluding hydrogens is 148 g/mol. The van der Waals surface area contributed by atoms with Gasteiger partial charge in [0, 0.05) is 0 Å². The van der Waals surface area contributed by atoms with Crippen LogP contribution in [0.4, 0.5) is 0 Å². The topological polar surface area (TPSA) is 13.1 Å². The number of allylic oxidation sites excluding steroid dienone is 2. The average molecular weight is 158 g/mol. The van der Waals surface area contributed by atoms with E-state index in [1.54, 1.807) is 0 Å². The van der Waals surface area contributed by atoms with Gasteiger partial charge in [-0.1, -0.05) is 6.08 Å². The van der Waals surface area contributed by atoms with Crippen molar-refractivity contribution in [3.8, 4) is 12.3 Å². The maximum Gasteiger partial charge on any atom is 0.177 e. The molecule has 1 heteroatoms. The first-order valence-corrected chi connectivity index (χ1v) is 4.16. The van der Waals surface area contributed by atoms with Crippen LogP contribution in [0.3, 0.4) is 0 Å². The average Bonchev–Trinajstić information content (AvgIpc) is 2.75. The minimum Gasteiger partial charge on any atom is -0.448 e. The van der Waals surface area contributed by atoms with Gasteiger partial charge in [-0.2, -0.15) is 0 Å². The molecule has 0 fully saturated rings. The predicted octanol–water partition coefficient (Wildman–Crippen LogP) is 2.83. The van der Waals surface area contributed by atoms with E-state index in [1.807, 2.05) is 12.1 Å². The Morgan fingerprint density at radius 3 is 2.92 bits per heavy atom. The van der Waals surface area contributed by atoms with Crippen LogP contribution in [-0.2, 0) is 0 Å². The van der Waals surface area contributed by atoms with Gasteiger partial charge in [0.15, 0.2) is 5.76 Å². The summed E-state index contributed by atoms with van der Waals surface area (Å²) in [6.07, 6.45) is 10.9. The van der Waals surface area contributed by atoms with Crippen LogP contribution in [0.1, 0.15) is 30.8 Å². The molecule has 0 aromatic carbocycles. The third-order valence-corrected chi connectivity index (χ3v) is 2.11. The zero-order chi connectivity index (χ0) is 8.39. The minimum atomic E-state index is 0.623. The molecule has 0 saturated carbocycles. The van der Waals surface area contributed by atoms with E-state index < -0.39 is 0 Å². The highest BCUT2D eigenvalue weighted by molar-refractivity contribution is 5.63. The molecule has 0 aliphatic heterocycles. The SMILES string of the molecule is C#Cc1ccc(C2=CCCC2)o1. The molecule has 1 aliphatic rings. The van der Waals surface area contributed by atoms with Crippen molar-refractivity contribution < 1.29 is 4.42 Å². The van der Waals surface area contributed by atoms with E-state index in [4.69, 9.17) is 10.8 Å². The second-order valence-corrected chi connectivity index (χ2v) is 2.93. The molecular formula is C11H10O. The zero-order valence-electron chi connectivity index (χ0n) is 6.84. The first-order chi connectivity index (χ1) is 5.90. The molecule has 0 radical (unpaired) electrons. The molecule has 0 N–H and O–H groups in total. The smallest absolute Gasteiger partial charge is 0.177 e. The molecule has 0 spiro atoms. The van der Waals surface area contributed by atoms with Crippen LogP contribution in [0.15, 0.2) is 22.6 Å². The summed E-state index contributed by atoms with van der Waals surface area (Å²) in [4.78, 5) is 0. The first kappa shape index (κ1) is 7.24. The molecule has 60 valence electrons. The number of furan rings is 1. The van der Waals surface area contributed by atoms with Gasteiger partial charge in [0.1, 0.15) is 5.76 Å². The van der Waals surface area contributed by atoms with Crippen molar-refractivity contribution in [3.63, 3.8) is 0 Å². The summed E-state index contributed by atoms with van der Waals surface area (Å²) < 4.78 is 5.41. The Kier molecular flexibility index (Phi) is 1.75. The molecule has 0 unspecified atom stereocenters. The fraction of sp³-hybridized carbons (Fsp3) is 0.273. The highest BCUT2D eigenvalue weighted by atomic mass is 16.3. The third kappa shape index (κ3) is 1.16. The van der Waals surface area contributed by atoms with Gasteiger partial charge >= 0.3 is 0 Å². The molecule has 1 aromatic heterocycles. The summed E-state index contributed by atoms with van der Waals surface area (Å²) >= 11 is 0. The Hall–Kier alpha value is -1.42. The Labute approximate surface area is 72.1 Å². The van der Waals surface area contributed by atoms with Crippen LogP contribution >= 0.6 is 0 Å². The second-order valence-electron chi connectivity index (χ2n) is 2.93. The minimum absolute atomic E-state index is 0.623. The standard InChI is InChI=1S/C11H10O/c1-2-10-7-8-11(12-10)9-5-3-4-6-9/h1,5,7-8H,3-4,6H2. The second kappa shape index (κ2) is 2.91. The van der Waals surface area contributed by atoms with Crippen molar-refractivity contribution in [1.82, 2.24) is 0 Å². The van der Waals surface area contributed by atoms with Crippen molar-refractivity contribution in [2.24, 2.45) is 0 Å². The summed E-state index contributed by atoms with van der Waals surface area (Å²) in [7, 11) is 0. The molecule has 0 bridgehead atoms. The van der Waals surface area contributed by atoms with Crippen LogP contribution in [0.2, 0.25) is 0 Å². The fourth-order valence-corrected chi connectivity index (χ4v) is 1.48. The number of terminal acetylenes is 1. The normalized spacial score (nSPS) is 15.8. The molecule has 1 aromatic rings. The largest absolute Gasteiger partial charge is 0.448 e. The molecule has 1 aliphatic carbocycles.